The Kier molecular flexibility index (Phi) is 6.88. The van der Waals surface area contributed by atoms with Gasteiger partial charge >= 0.3 is 0 Å². The Hall–Kier alpha value is -0.960. The third-order valence-electron chi connectivity index (χ3n) is 1.75. The van der Waals surface area contributed by atoms with Crippen LogP contribution in [0.25, 0.3) is 5.70 Å². The highest BCUT2D eigenvalue weighted by Gasteiger charge is 2.00. The summed E-state index contributed by atoms with van der Waals surface area (Å²) in [5, 5.41) is 1.80. The molecule has 0 bridgehead atoms. The Labute approximate surface area is 95.6 Å². The van der Waals surface area contributed by atoms with E-state index in [1.165, 1.54) is 17.8 Å². The summed E-state index contributed by atoms with van der Waals surface area (Å²) in [5.74, 6) is -0.213. The van der Waals surface area contributed by atoms with E-state index < -0.39 is 0 Å². The van der Waals surface area contributed by atoms with Crippen LogP contribution in [0.3, 0.4) is 0 Å². The lowest BCUT2D eigenvalue weighted by Gasteiger charge is -2.02. The molecule has 0 atom stereocenters. The van der Waals surface area contributed by atoms with Crippen LogP contribution in [0, 0.1) is 12.7 Å². The summed E-state index contributed by atoms with van der Waals surface area (Å²) in [4.78, 5) is 0. The van der Waals surface area contributed by atoms with Gasteiger partial charge < -0.3 is 5.73 Å². The van der Waals surface area contributed by atoms with Gasteiger partial charge in [0.25, 0.3) is 0 Å². The Morgan fingerprint density at radius 3 is 2.47 bits per heavy atom. The standard InChI is InChI=1S/C10H12FNS.C2H6/c1-7-3-4-8(5-9(7)11)10(12)6-13-2;1-2/h3-6H,12H2,1-2H3;1-2H3/b10-6-;. The highest BCUT2D eigenvalue weighted by molar-refractivity contribution is 8.01. The van der Waals surface area contributed by atoms with E-state index in [0.717, 1.165) is 5.56 Å². The molecule has 0 aliphatic carbocycles. The number of benzene rings is 1. The second kappa shape index (κ2) is 7.35. The second-order valence-electron chi connectivity index (χ2n) is 2.77. The number of hydrogen-bond donors (Lipinski definition) is 1. The number of aryl methyl sites for hydroxylation is 1. The normalized spacial score (nSPS) is 10.6. The predicted molar refractivity (Wildman–Crippen MR) is 68.2 cm³/mol. The molecule has 1 aromatic carbocycles. The van der Waals surface area contributed by atoms with Crippen LogP contribution in [-0.2, 0) is 0 Å². The summed E-state index contributed by atoms with van der Waals surface area (Å²) in [7, 11) is 0. The molecular weight excluding hydrogens is 209 g/mol. The van der Waals surface area contributed by atoms with Gasteiger partial charge in [-0.2, -0.15) is 0 Å². The molecule has 15 heavy (non-hydrogen) atoms. The fraction of sp³-hybridized carbons (Fsp3) is 0.333. The Morgan fingerprint density at radius 1 is 1.40 bits per heavy atom. The summed E-state index contributed by atoms with van der Waals surface area (Å²) >= 11 is 1.51. The van der Waals surface area contributed by atoms with Crippen LogP contribution in [0.5, 0.6) is 0 Å². The first-order valence-electron chi connectivity index (χ1n) is 4.90. The van der Waals surface area contributed by atoms with Gasteiger partial charge in [-0.25, -0.2) is 4.39 Å². The summed E-state index contributed by atoms with van der Waals surface area (Å²) < 4.78 is 13.1. The van der Waals surface area contributed by atoms with Crippen molar-refractivity contribution >= 4 is 17.5 Å². The van der Waals surface area contributed by atoms with Gasteiger partial charge in [-0.1, -0.05) is 26.0 Å². The smallest absolute Gasteiger partial charge is 0.126 e. The molecule has 0 aliphatic rings. The van der Waals surface area contributed by atoms with Crippen molar-refractivity contribution in [1.29, 1.82) is 0 Å². The van der Waals surface area contributed by atoms with E-state index in [1.54, 1.807) is 18.4 Å². The number of hydrogen-bond acceptors (Lipinski definition) is 2. The zero-order valence-electron chi connectivity index (χ0n) is 9.67. The molecule has 0 amide bonds. The molecule has 0 spiro atoms. The molecule has 1 rings (SSSR count). The molecule has 84 valence electrons. The van der Waals surface area contributed by atoms with Crippen LogP contribution in [-0.4, -0.2) is 6.26 Å². The van der Waals surface area contributed by atoms with E-state index in [-0.39, 0.29) is 5.82 Å². The van der Waals surface area contributed by atoms with Crippen LogP contribution in [0.1, 0.15) is 25.0 Å². The van der Waals surface area contributed by atoms with E-state index in [1.807, 2.05) is 26.2 Å². The van der Waals surface area contributed by atoms with Crippen molar-refractivity contribution in [2.45, 2.75) is 20.8 Å². The highest BCUT2D eigenvalue weighted by Crippen LogP contribution is 2.15. The number of nitrogens with two attached hydrogens (primary N) is 1. The number of halogens is 1. The molecule has 0 saturated carbocycles. The summed E-state index contributed by atoms with van der Waals surface area (Å²) in [6, 6.07) is 5.00. The largest absolute Gasteiger partial charge is 0.398 e. The van der Waals surface area contributed by atoms with Crippen LogP contribution >= 0.6 is 11.8 Å². The van der Waals surface area contributed by atoms with Crippen LogP contribution < -0.4 is 5.73 Å². The molecule has 0 saturated heterocycles. The molecule has 1 nitrogen and oxygen atoms in total. The first kappa shape index (κ1) is 14.0. The van der Waals surface area contributed by atoms with Gasteiger partial charge in [0, 0.05) is 11.3 Å². The Bertz CT molecular complexity index is 334. The molecule has 0 heterocycles. The maximum atomic E-state index is 13.1. The highest BCUT2D eigenvalue weighted by atomic mass is 32.2. The van der Waals surface area contributed by atoms with Crippen molar-refractivity contribution in [3.63, 3.8) is 0 Å². The minimum atomic E-state index is -0.213. The van der Waals surface area contributed by atoms with Gasteiger partial charge in [0.15, 0.2) is 0 Å². The zero-order valence-corrected chi connectivity index (χ0v) is 10.5. The first-order chi connectivity index (χ1) is 7.15. The van der Waals surface area contributed by atoms with Gasteiger partial charge in [0.2, 0.25) is 0 Å². The predicted octanol–water partition coefficient (Wildman–Crippen LogP) is 3.78. The van der Waals surface area contributed by atoms with Crippen molar-refractivity contribution in [2.75, 3.05) is 6.26 Å². The zero-order chi connectivity index (χ0) is 11.8. The fourth-order valence-corrected chi connectivity index (χ4v) is 1.36. The minimum absolute atomic E-state index is 0.213. The lowest BCUT2D eigenvalue weighted by molar-refractivity contribution is 0.618. The molecule has 0 fully saturated rings. The van der Waals surface area contributed by atoms with Gasteiger partial charge in [0.05, 0.1) is 0 Å². The van der Waals surface area contributed by atoms with E-state index in [9.17, 15) is 4.39 Å². The van der Waals surface area contributed by atoms with Crippen molar-refractivity contribution in [2.24, 2.45) is 5.73 Å². The maximum Gasteiger partial charge on any atom is 0.126 e. The molecular formula is C12H18FNS. The van der Waals surface area contributed by atoms with Crippen LogP contribution in [0.4, 0.5) is 4.39 Å². The molecule has 0 radical (unpaired) electrons. The molecule has 0 aromatic heterocycles. The van der Waals surface area contributed by atoms with Gasteiger partial charge in [0.1, 0.15) is 5.82 Å². The van der Waals surface area contributed by atoms with E-state index in [0.29, 0.717) is 11.3 Å². The SMILES string of the molecule is CC.CS/C=C(\N)c1ccc(C)c(F)c1. The topological polar surface area (TPSA) is 26.0 Å². The lowest BCUT2D eigenvalue weighted by atomic mass is 10.1. The average molecular weight is 227 g/mol. The van der Waals surface area contributed by atoms with E-state index in [2.05, 4.69) is 0 Å². The molecule has 3 heteroatoms. The summed E-state index contributed by atoms with van der Waals surface area (Å²) in [6.07, 6.45) is 1.91. The number of thioether (sulfide) groups is 1. The van der Waals surface area contributed by atoms with E-state index in [4.69, 9.17) is 5.73 Å². The van der Waals surface area contributed by atoms with Gasteiger partial charge in [-0.3, -0.25) is 0 Å². The van der Waals surface area contributed by atoms with Crippen molar-refractivity contribution in [1.82, 2.24) is 0 Å². The summed E-state index contributed by atoms with van der Waals surface area (Å²) in [5.41, 5.74) is 7.67. The first-order valence-corrected chi connectivity index (χ1v) is 6.19. The molecule has 0 unspecified atom stereocenters. The molecule has 0 aliphatic heterocycles. The van der Waals surface area contributed by atoms with Crippen LogP contribution in [0.15, 0.2) is 23.6 Å². The average Bonchev–Trinajstić information content (AvgIpc) is 2.25. The van der Waals surface area contributed by atoms with E-state index >= 15 is 0 Å². The summed E-state index contributed by atoms with van der Waals surface area (Å²) in [6.45, 7) is 5.73. The maximum absolute atomic E-state index is 13.1. The Morgan fingerprint density at radius 2 is 2.00 bits per heavy atom. The fourth-order valence-electron chi connectivity index (χ4n) is 0.967. The lowest BCUT2D eigenvalue weighted by Crippen LogP contribution is -1.96. The molecule has 1 aromatic rings. The number of rotatable bonds is 2. The van der Waals surface area contributed by atoms with Crippen molar-refractivity contribution in [3.8, 4) is 0 Å². The van der Waals surface area contributed by atoms with Crippen molar-refractivity contribution in [3.05, 3.63) is 40.6 Å². The Balaban J connectivity index is 0.000000921. The third kappa shape index (κ3) is 4.38. The third-order valence-corrected chi connectivity index (χ3v) is 2.24. The van der Waals surface area contributed by atoms with Crippen LogP contribution in [0.2, 0.25) is 0 Å². The molecule has 2 N–H and O–H groups in total. The van der Waals surface area contributed by atoms with Crippen molar-refractivity contribution < 1.29 is 4.39 Å². The van der Waals surface area contributed by atoms with Gasteiger partial charge in [-0.05, 0) is 30.2 Å². The minimum Gasteiger partial charge on any atom is -0.398 e. The monoisotopic (exact) mass is 227 g/mol. The second-order valence-corrected chi connectivity index (χ2v) is 3.48. The quantitative estimate of drug-likeness (QED) is 0.832. The van der Waals surface area contributed by atoms with Gasteiger partial charge in [-0.15, -0.1) is 11.8 Å².